The molecule has 6 nitrogen and oxygen atoms in total. The fourth-order valence-corrected chi connectivity index (χ4v) is 4.16. The molecule has 1 amide bonds. The molecular formula is C29H39Cl2N5O. The predicted octanol–water partition coefficient (Wildman–Crippen LogP) is 4.37. The lowest BCUT2D eigenvalue weighted by Gasteiger charge is -2.34. The molecular weight excluding hydrogens is 505 g/mol. The number of amides is 1. The Morgan fingerprint density at radius 2 is 1.30 bits per heavy atom. The van der Waals surface area contributed by atoms with Crippen LogP contribution in [0.5, 0.6) is 0 Å². The summed E-state index contributed by atoms with van der Waals surface area (Å²) < 4.78 is 0.791. The largest absolute Gasteiger partial charge is 1.00 e. The van der Waals surface area contributed by atoms with Crippen LogP contribution in [0.15, 0.2) is 89.1 Å². The van der Waals surface area contributed by atoms with Gasteiger partial charge in [-0.05, 0) is 81.8 Å². The van der Waals surface area contributed by atoms with Gasteiger partial charge in [0.25, 0.3) is 5.91 Å². The molecule has 0 aliphatic carbocycles. The Kier molecular flexibility index (Phi) is 13.9. The van der Waals surface area contributed by atoms with Crippen molar-refractivity contribution in [3.05, 3.63) is 84.4 Å². The quantitative estimate of drug-likeness (QED) is 0.272. The summed E-state index contributed by atoms with van der Waals surface area (Å²) in [6, 6.07) is 26.1. The number of hydrogen-bond donors (Lipinski definition) is 1. The van der Waals surface area contributed by atoms with Gasteiger partial charge in [0, 0.05) is 24.5 Å². The van der Waals surface area contributed by atoms with Crippen LogP contribution in [0.1, 0.15) is 33.3 Å². The number of anilines is 2. The predicted molar refractivity (Wildman–Crippen MR) is 153 cm³/mol. The highest BCUT2D eigenvalue weighted by Gasteiger charge is 2.24. The Hall–Kier alpha value is -2.93. The first-order valence-corrected chi connectivity index (χ1v) is 12.6. The number of carbonyl (C=O) groups is 1. The van der Waals surface area contributed by atoms with Gasteiger partial charge in [-0.2, -0.15) is 10.2 Å². The van der Waals surface area contributed by atoms with E-state index in [4.69, 9.17) is 0 Å². The molecule has 0 bridgehead atoms. The summed E-state index contributed by atoms with van der Waals surface area (Å²) in [6.07, 6.45) is 0. The number of quaternary nitrogens is 1. The minimum atomic E-state index is 0. The van der Waals surface area contributed by atoms with Gasteiger partial charge < -0.3 is 27.1 Å². The monoisotopic (exact) mass is 543 g/mol. The summed E-state index contributed by atoms with van der Waals surface area (Å²) in [5, 5.41) is 11.7. The number of halogens is 2. The van der Waals surface area contributed by atoms with Crippen LogP contribution in [0.25, 0.3) is 0 Å². The second kappa shape index (κ2) is 16.0. The summed E-state index contributed by atoms with van der Waals surface area (Å²) in [4.78, 5) is 14.9. The standard InChI is InChI=1S/C29H37N5O.2ClH/c1-5-33(22-24-12-10-9-11-13-24)28-20-18-27(19-21-28)32-31-26-16-14-25(15-17-26)30-29(35)23-34(6-2,7-3)8-4;;/h9-21H,5-8,22-23H2,1-4H3;2*1H. The van der Waals surface area contributed by atoms with Crippen molar-refractivity contribution >= 4 is 41.1 Å². The summed E-state index contributed by atoms with van der Waals surface area (Å²) in [6.45, 7) is 13.7. The molecule has 0 heterocycles. The number of hydrogen-bond acceptors (Lipinski definition) is 4. The van der Waals surface area contributed by atoms with Crippen LogP contribution in [0.4, 0.5) is 22.7 Å². The molecule has 0 aromatic heterocycles. The Balaban J connectivity index is 0.00000342. The maximum Gasteiger partial charge on any atom is 0.279 e. The van der Waals surface area contributed by atoms with Gasteiger partial charge >= 0.3 is 0 Å². The third-order valence-corrected chi connectivity index (χ3v) is 6.74. The molecule has 0 unspecified atom stereocenters. The normalized spacial score (nSPS) is 10.9. The molecule has 0 aliphatic rings. The number of likely N-dealkylation sites (N-methyl/N-ethyl adjacent to an activating group) is 1. The van der Waals surface area contributed by atoms with Crippen molar-refractivity contribution in [3.63, 3.8) is 0 Å². The van der Waals surface area contributed by atoms with Crippen molar-refractivity contribution in [2.45, 2.75) is 34.2 Å². The maximum absolute atomic E-state index is 12.5. The summed E-state index contributed by atoms with van der Waals surface area (Å²) in [7, 11) is 0. The highest BCUT2D eigenvalue weighted by molar-refractivity contribution is 5.91. The van der Waals surface area contributed by atoms with E-state index in [0.717, 1.165) is 60.0 Å². The van der Waals surface area contributed by atoms with E-state index in [1.165, 1.54) is 5.56 Å². The van der Waals surface area contributed by atoms with E-state index in [-0.39, 0.29) is 30.7 Å². The number of azo groups is 1. The molecule has 0 aliphatic heterocycles. The summed E-state index contributed by atoms with van der Waals surface area (Å²) >= 11 is 0. The highest BCUT2D eigenvalue weighted by Crippen LogP contribution is 2.24. The molecule has 0 atom stereocenters. The lowest BCUT2D eigenvalue weighted by Crippen LogP contribution is -3.00. The topological polar surface area (TPSA) is 57.1 Å². The molecule has 0 spiro atoms. The van der Waals surface area contributed by atoms with Crippen LogP contribution in [0.3, 0.4) is 0 Å². The number of nitrogens with zero attached hydrogens (tertiary/aromatic N) is 4. The van der Waals surface area contributed by atoms with Crippen LogP contribution >= 0.6 is 12.4 Å². The molecule has 1 N–H and O–H groups in total. The van der Waals surface area contributed by atoms with E-state index in [2.05, 4.69) is 84.5 Å². The average molecular weight is 545 g/mol. The zero-order chi connectivity index (χ0) is 25.1. The SMILES string of the molecule is CCN(Cc1ccccc1)c1ccc(N=Nc2ccc(NC(=O)C[N+](CC)(CC)CC)cc2)cc1.Cl.[Cl-]. The van der Waals surface area contributed by atoms with Crippen LogP contribution < -0.4 is 22.6 Å². The van der Waals surface area contributed by atoms with Crippen LogP contribution in [0.2, 0.25) is 0 Å². The number of benzene rings is 3. The molecule has 37 heavy (non-hydrogen) atoms. The van der Waals surface area contributed by atoms with Crippen molar-refractivity contribution in [2.24, 2.45) is 10.2 Å². The third kappa shape index (κ3) is 9.47. The number of nitrogens with one attached hydrogen (secondary N) is 1. The molecule has 3 aromatic carbocycles. The van der Waals surface area contributed by atoms with E-state index >= 15 is 0 Å². The molecule has 0 saturated carbocycles. The van der Waals surface area contributed by atoms with Crippen LogP contribution in [-0.2, 0) is 11.3 Å². The van der Waals surface area contributed by atoms with Gasteiger partial charge in [-0.15, -0.1) is 12.4 Å². The lowest BCUT2D eigenvalue weighted by molar-refractivity contribution is -0.915. The molecule has 8 heteroatoms. The second-order valence-electron chi connectivity index (χ2n) is 8.76. The first-order chi connectivity index (χ1) is 17.0. The van der Waals surface area contributed by atoms with Gasteiger partial charge in [-0.1, -0.05) is 30.3 Å². The Morgan fingerprint density at radius 3 is 1.78 bits per heavy atom. The van der Waals surface area contributed by atoms with Crippen molar-refractivity contribution in [2.75, 3.05) is 42.9 Å². The molecule has 0 saturated heterocycles. The molecule has 3 rings (SSSR count). The van der Waals surface area contributed by atoms with Crippen LogP contribution in [0, 0.1) is 0 Å². The van der Waals surface area contributed by atoms with Gasteiger partial charge in [0.1, 0.15) is 0 Å². The summed E-state index contributed by atoms with van der Waals surface area (Å²) in [5.41, 5.74) is 4.77. The van der Waals surface area contributed by atoms with Crippen molar-refractivity contribution in [1.29, 1.82) is 0 Å². The molecule has 0 fully saturated rings. The third-order valence-electron chi connectivity index (χ3n) is 6.74. The Bertz CT molecular complexity index is 1080. The zero-order valence-electron chi connectivity index (χ0n) is 22.2. The summed E-state index contributed by atoms with van der Waals surface area (Å²) in [5.74, 6) is 0.0402. The van der Waals surface area contributed by atoms with Crippen molar-refractivity contribution in [1.82, 2.24) is 0 Å². The van der Waals surface area contributed by atoms with E-state index in [1.54, 1.807) is 0 Å². The first-order valence-electron chi connectivity index (χ1n) is 12.6. The van der Waals surface area contributed by atoms with Gasteiger partial charge in [-0.25, -0.2) is 0 Å². The van der Waals surface area contributed by atoms with Crippen molar-refractivity contribution in [3.8, 4) is 0 Å². The van der Waals surface area contributed by atoms with Gasteiger partial charge in [0.15, 0.2) is 6.54 Å². The lowest BCUT2D eigenvalue weighted by atomic mass is 10.2. The fourth-order valence-electron chi connectivity index (χ4n) is 4.16. The Morgan fingerprint density at radius 1 is 0.784 bits per heavy atom. The fraction of sp³-hybridized carbons (Fsp3) is 0.345. The zero-order valence-corrected chi connectivity index (χ0v) is 23.8. The second-order valence-corrected chi connectivity index (χ2v) is 8.76. The van der Waals surface area contributed by atoms with Gasteiger partial charge in [-0.3, -0.25) is 4.79 Å². The molecule has 0 radical (unpaired) electrons. The number of rotatable bonds is 12. The number of carbonyl (C=O) groups excluding carboxylic acids is 1. The van der Waals surface area contributed by atoms with Crippen LogP contribution in [-0.4, -0.2) is 43.1 Å². The highest BCUT2D eigenvalue weighted by atomic mass is 35.5. The first kappa shape index (κ1) is 32.1. The average Bonchev–Trinajstić information content (AvgIpc) is 2.91. The van der Waals surface area contributed by atoms with E-state index in [1.807, 2.05) is 42.5 Å². The minimum Gasteiger partial charge on any atom is -1.00 e. The molecule has 3 aromatic rings. The maximum atomic E-state index is 12.5. The van der Waals surface area contributed by atoms with Gasteiger partial charge in [0.2, 0.25) is 0 Å². The smallest absolute Gasteiger partial charge is 0.279 e. The molecule has 200 valence electrons. The van der Waals surface area contributed by atoms with Crippen molar-refractivity contribution < 1.29 is 21.7 Å². The van der Waals surface area contributed by atoms with E-state index < -0.39 is 0 Å². The van der Waals surface area contributed by atoms with E-state index in [9.17, 15) is 4.79 Å². The van der Waals surface area contributed by atoms with E-state index in [0.29, 0.717) is 6.54 Å². The Labute approximate surface area is 234 Å². The van der Waals surface area contributed by atoms with Gasteiger partial charge in [0.05, 0.1) is 31.0 Å². The minimum absolute atomic E-state index is 0.